The van der Waals surface area contributed by atoms with Gasteiger partial charge < -0.3 is 11.1 Å². The molecular weight excluding hydrogens is 140 g/mol. The summed E-state index contributed by atoms with van der Waals surface area (Å²) in [6.45, 7) is 6.57. The Balaban J connectivity index is 0.000000461. The number of carbonyl (C=O) groups excluding carboxylic acids is 1. The molecule has 0 aromatic rings. The number of hydrogen-bond acceptors (Lipinski definition) is 2. The maximum absolute atomic E-state index is 10.6. The van der Waals surface area contributed by atoms with E-state index in [9.17, 15) is 4.79 Å². The number of amides is 1. The fraction of sp³-hybridized carbons (Fsp3) is 0.875. The van der Waals surface area contributed by atoms with Crippen molar-refractivity contribution >= 4 is 5.91 Å². The van der Waals surface area contributed by atoms with Gasteiger partial charge in [0, 0.05) is 18.5 Å². The summed E-state index contributed by atoms with van der Waals surface area (Å²) in [5.41, 5.74) is 5.55. The number of rotatable bonds is 0. The Morgan fingerprint density at radius 1 is 1.55 bits per heavy atom. The molecule has 1 unspecified atom stereocenters. The molecule has 11 heavy (non-hydrogen) atoms. The van der Waals surface area contributed by atoms with Crippen molar-refractivity contribution in [2.45, 2.75) is 39.2 Å². The zero-order valence-corrected chi connectivity index (χ0v) is 7.61. The highest BCUT2D eigenvalue weighted by Crippen LogP contribution is 2.11. The molecule has 1 heterocycles. The molecule has 1 amide bonds. The van der Waals surface area contributed by atoms with Crippen LogP contribution < -0.4 is 11.1 Å². The molecule has 0 aromatic carbocycles. The summed E-state index contributed by atoms with van der Waals surface area (Å²) in [5, 5.41) is 2.71. The second kappa shape index (κ2) is 4.34. The molecule has 1 aliphatic rings. The largest absolute Gasteiger partial charge is 0.354 e. The Morgan fingerprint density at radius 2 is 2.09 bits per heavy atom. The summed E-state index contributed by atoms with van der Waals surface area (Å²) in [4.78, 5) is 10.6. The number of carbonyl (C=O) groups is 1. The van der Waals surface area contributed by atoms with Crippen LogP contribution in [-0.4, -0.2) is 18.0 Å². The lowest BCUT2D eigenvalue weighted by Crippen LogP contribution is -2.52. The minimum Gasteiger partial charge on any atom is -0.354 e. The van der Waals surface area contributed by atoms with Crippen LogP contribution in [0.3, 0.4) is 0 Å². The second-order valence-corrected chi connectivity index (χ2v) is 2.93. The van der Waals surface area contributed by atoms with Crippen molar-refractivity contribution in [2.75, 3.05) is 6.54 Å². The Hall–Kier alpha value is -0.570. The predicted molar refractivity (Wildman–Crippen MR) is 46.2 cm³/mol. The molecule has 66 valence electrons. The maximum Gasteiger partial charge on any atom is 0.220 e. The molecule has 1 saturated heterocycles. The minimum absolute atomic E-state index is 0.123. The second-order valence-electron chi connectivity index (χ2n) is 2.93. The molecule has 0 aromatic heterocycles. The highest BCUT2D eigenvalue weighted by Gasteiger charge is 2.24. The first-order valence-corrected chi connectivity index (χ1v) is 4.16. The summed E-state index contributed by atoms with van der Waals surface area (Å²) < 4.78 is 0. The van der Waals surface area contributed by atoms with Gasteiger partial charge in [-0.05, 0) is 13.3 Å². The fourth-order valence-corrected chi connectivity index (χ4v) is 0.876. The van der Waals surface area contributed by atoms with Crippen molar-refractivity contribution in [3.8, 4) is 0 Å². The van der Waals surface area contributed by atoms with Crippen LogP contribution in [0.25, 0.3) is 0 Å². The molecule has 0 radical (unpaired) electrons. The van der Waals surface area contributed by atoms with E-state index in [1.165, 1.54) is 0 Å². The van der Waals surface area contributed by atoms with Gasteiger partial charge in [0.25, 0.3) is 0 Å². The zero-order chi connectivity index (χ0) is 8.91. The van der Waals surface area contributed by atoms with E-state index in [1.54, 1.807) is 0 Å². The van der Waals surface area contributed by atoms with Crippen molar-refractivity contribution in [2.24, 2.45) is 5.73 Å². The van der Waals surface area contributed by atoms with E-state index in [1.807, 2.05) is 20.8 Å². The van der Waals surface area contributed by atoms with Gasteiger partial charge in [-0.25, -0.2) is 0 Å². The lowest BCUT2D eigenvalue weighted by Gasteiger charge is -2.28. The molecule has 1 aliphatic heterocycles. The Kier molecular flexibility index (Phi) is 4.11. The van der Waals surface area contributed by atoms with E-state index in [0.29, 0.717) is 13.0 Å². The molecular formula is C8H18N2O. The van der Waals surface area contributed by atoms with Gasteiger partial charge in [-0.1, -0.05) is 13.8 Å². The highest BCUT2D eigenvalue weighted by molar-refractivity contribution is 5.77. The number of nitrogens with one attached hydrogen (secondary N) is 1. The van der Waals surface area contributed by atoms with E-state index >= 15 is 0 Å². The smallest absolute Gasteiger partial charge is 0.220 e. The Labute approximate surface area is 68.3 Å². The molecule has 3 heteroatoms. The third kappa shape index (κ3) is 3.98. The predicted octanol–water partition coefficient (Wildman–Crippen LogP) is 0.640. The molecule has 1 rings (SSSR count). The lowest BCUT2D eigenvalue weighted by molar-refractivity contribution is -0.123. The highest BCUT2D eigenvalue weighted by atomic mass is 16.1. The number of piperidine rings is 1. The third-order valence-electron chi connectivity index (χ3n) is 1.61. The quantitative estimate of drug-likeness (QED) is 0.543. The average molecular weight is 158 g/mol. The van der Waals surface area contributed by atoms with Gasteiger partial charge in [0.15, 0.2) is 0 Å². The van der Waals surface area contributed by atoms with E-state index in [0.717, 1.165) is 6.42 Å². The van der Waals surface area contributed by atoms with E-state index in [-0.39, 0.29) is 11.4 Å². The van der Waals surface area contributed by atoms with Crippen LogP contribution in [0.4, 0.5) is 0 Å². The van der Waals surface area contributed by atoms with Crippen LogP contribution in [0, 0.1) is 0 Å². The zero-order valence-electron chi connectivity index (χ0n) is 7.61. The monoisotopic (exact) mass is 158 g/mol. The molecule has 0 aliphatic carbocycles. The molecule has 0 spiro atoms. The van der Waals surface area contributed by atoms with Gasteiger partial charge in [0.05, 0.1) is 0 Å². The first-order valence-electron chi connectivity index (χ1n) is 4.16. The first-order chi connectivity index (χ1) is 5.10. The molecule has 3 nitrogen and oxygen atoms in total. The SMILES string of the molecule is CC.CC1(N)CCC(=O)NC1. The van der Waals surface area contributed by atoms with Crippen LogP contribution in [0.15, 0.2) is 0 Å². The number of nitrogens with two attached hydrogens (primary N) is 1. The van der Waals surface area contributed by atoms with Crippen LogP contribution in [-0.2, 0) is 4.79 Å². The van der Waals surface area contributed by atoms with Gasteiger partial charge in [-0.2, -0.15) is 0 Å². The normalized spacial score (nSPS) is 30.0. The summed E-state index contributed by atoms with van der Waals surface area (Å²) in [7, 11) is 0. The van der Waals surface area contributed by atoms with Crippen molar-refractivity contribution in [1.82, 2.24) is 5.32 Å². The van der Waals surface area contributed by atoms with Crippen LogP contribution >= 0.6 is 0 Å². The number of hydrogen-bond donors (Lipinski definition) is 2. The van der Waals surface area contributed by atoms with Crippen molar-refractivity contribution in [3.63, 3.8) is 0 Å². The van der Waals surface area contributed by atoms with E-state index < -0.39 is 0 Å². The van der Waals surface area contributed by atoms with E-state index in [2.05, 4.69) is 5.32 Å². The maximum atomic E-state index is 10.6. The van der Waals surface area contributed by atoms with Gasteiger partial charge in [0.1, 0.15) is 0 Å². The third-order valence-corrected chi connectivity index (χ3v) is 1.61. The van der Waals surface area contributed by atoms with Gasteiger partial charge >= 0.3 is 0 Å². The van der Waals surface area contributed by atoms with Gasteiger partial charge in [0.2, 0.25) is 5.91 Å². The van der Waals surface area contributed by atoms with Gasteiger partial charge in [-0.3, -0.25) is 4.79 Å². The lowest BCUT2D eigenvalue weighted by atomic mass is 9.94. The molecule has 1 atom stereocenters. The molecule has 3 N–H and O–H groups in total. The molecule has 0 bridgehead atoms. The summed E-state index contributed by atoms with van der Waals surface area (Å²) in [6.07, 6.45) is 1.38. The first kappa shape index (κ1) is 10.4. The molecule has 0 saturated carbocycles. The fourth-order valence-electron chi connectivity index (χ4n) is 0.876. The molecule has 1 fully saturated rings. The average Bonchev–Trinajstić information content (AvgIpc) is 2.00. The van der Waals surface area contributed by atoms with E-state index in [4.69, 9.17) is 5.73 Å². The topological polar surface area (TPSA) is 55.1 Å². The van der Waals surface area contributed by atoms with Crippen molar-refractivity contribution in [1.29, 1.82) is 0 Å². The van der Waals surface area contributed by atoms with Crippen LogP contribution in [0.2, 0.25) is 0 Å². The summed E-state index contributed by atoms with van der Waals surface area (Å²) in [6, 6.07) is 0. The van der Waals surface area contributed by atoms with Gasteiger partial charge in [-0.15, -0.1) is 0 Å². The van der Waals surface area contributed by atoms with Crippen LogP contribution in [0.5, 0.6) is 0 Å². The van der Waals surface area contributed by atoms with Crippen molar-refractivity contribution in [3.05, 3.63) is 0 Å². The van der Waals surface area contributed by atoms with Crippen LogP contribution in [0.1, 0.15) is 33.6 Å². The minimum atomic E-state index is -0.173. The van der Waals surface area contributed by atoms with Crippen molar-refractivity contribution < 1.29 is 4.79 Å². The Bertz CT molecular complexity index is 120. The standard InChI is InChI=1S/C6H12N2O.C2H6/c1-6(7)3-2-5(9)8-4-6;1-2/h2-4,7H2,1H3,(H,8,9);1-2H3. The summed E-state index contributed by atoms with van der Waals surface area (Å²) >= 11 is 0. The Morgan fingerprint density at radius 3 is 2.36 bits per heavy atom. The summed E-state index contributed by atoms with van der Waals surface area (Å²) in [5.74, 6) is 0.123.